The summed E-state index contributed by atoms with van der Waals surface area (Å²) in [7, 11) is 0. The third kappa shape index (κ3) is 2.47. The molecule has 2 rings (SSSR count). The minimum atomic E-state index is -1.09. The summed E-state index contributed by atoms with van der Waals surface area (Å²) in [5.74, 6) is 0. The molecule has 3 nitrogen and oxygen atoms in total. The van der Waals surface area contributed by atoms with Crippen LogP contribution >= 0.6 is 11.8 Å². The van der Waals surface area contributed by atoms with Gasteiger partial charge >= 0.3 is 0 Å². The summed E-state index contributed by atoms with van der Waals surface area (Å²) in [5.41, 5.74) is 0. The summed E-state index contributed by atoms with van der Waals surface area (Å²) in [6.45, 7) is 0. The maximum Gasteiger partial charge on any atom is 0.113 e. The van der Waals surface area contributed by atoms with Crippen LogP contribution in [0.15, 0.2) is 46.2 Å². The van der Waals surface area contributed by atoms with E-state index in [0.29, 0.717) is 11.3 Å². The fourth-order valence-corrected chi connectivity index (χ4v) is 2.61. The Labute approximate surface area is 98.4 Å². The predicted molar refractivity (Wildman–Crippen MR) is 63.0 cm³/mol. The lowest BCUT2D eigenvalue weighted by molar-refractivity contribution is -0.0469. The zero-order chi connectivity index (χ0) is 11.5. The predicted octanol–water partition coefficient (Wildman–Crippen LogP) is 1.15. The van der Waals surface area contributed by atoms with Crippen LogP contribution in [0, 0.1) is 0 Å². The van der Waals surface area contributed by atoms with E-state index in [-0.39, 0.29) is 0 Å². The second-order valence-electron chi connectivity index (χ2n) is 3.76. The molecule has 0 radical (unpaired) electrons. The van der Waals surface area contributed by atoms with Gasteiger partial charge in [0.15, 0.2) is 0 Å². The Kier molecular flexibility index (Phi) is 3.66. The fraction of sp³-hybridized carbons (Fsp3) is 0.333. The zero-order valence-corrected chi connectivity index (χ0v) is 9.47. The molecule has 0 heterocycles. The zero-order valence-electron chi connectivity index (χ0n) is 8.65. The molecule has 1 aromatic rings. The lowest BCUT2D eigenvalue weighted by atomic mass is 9.99. The molecule has 86 valence electrons. The van der Waals surface area contributed by atoms with Gasteiger partial charge in [0.05, 0.1) is 6.10 Å². The topological polar surface area (TPSA) is 60.7 Å². The van der Waals surface area contributed by atoms with E-state index in [9.17, 15) is 15.3 Å². The molecule has 0 amide bonds. The van der Waals surface area contributed by atoms with Crippen molar-refractivity contribution in [2.24, 2.45) is 0 Å². The maximum atomic E-state index is 9.77. The van der Waals surface area contributed by atoms with Gasteiger partial charge in [-0.05, 0) is 18.6 Å². The Hall–Kier alpha value is -0.810. The first kappa shape index (κ1) is 11.7. The molecule has 0 saturated carbocycles. The van der Waals surface area contributed by atoms with E-state index in [1.807, 2.05) is 30.3 Å². The SMILES string of the molecule is O[C@H]1[C@H](O)CC=C(Sc2ccccc2)[C@@H]1O. The van der Waals surface area contributed by atoms with Crippen molar-refractivity contribution >= 4 is 11.8 Å². The number of aliphatic hydroxyl groups excluding tert-OH is 3. The molecule has 3 N–H and O–H groups in total. The molecule has 1 aliphatic rings. The Balaban J connectivity index is 2.11. The Morgan fingerprint density at radius 2 is 1.75 bits per heavy atom. The van der Waals surface area contributed by atoms with Gasteiger partial charge in [0.2, 0.25) is 0 Å². The number of hydrogen-bond donors (Lipinski definition) is 3. The average molecular weight is 238 g/mol. The van der Waals surface area contributed by atoms with Crippen molar-refractivity contribution in [1.29, 1.82) is 0 Å². The summed E-state index contributed by atoms with van der Waals surface area (Å²) in [5, 5.41) is 28.7. The van der Waals surface area contributed by atoms with Crippen LogP contribution in [-0.2, 0) is 0 Å². The quantitative estimate of drug-likeness (QED) is 0.723. The molecule has 0 spiro atoms. The maximum absolute atomic E-state index is 9.77. The van der Waals surface area contributed by atoms with Gasteiger partial charge in [0.1, 0.15) is 12.2 Å². The highest BCUT2D eigenvalue weighted by Crippen LogP contribution is 2.33. The van der Waals surface area contributed by atoms with Gasteiger partial charge < -0.3 is 15.3 Å². The third-order valence-corrected chi connectivity index (χ3v) is 3.70. The van der Waals surface area contributed by atoms with Crippen molar-refractivity contribution in [3.8, 4) is 0 Å². The molecule has 0 unspecified atom stereocenters. The number of thioether (sulfide) groups is 1. The van der Waals surface area contributed by atoms with Gasteiger partial charge in [-0.15, -0.1) is 0 Å². The fourth-order valence-electron chi connectivity index (χ4n) is 1.60. The van der Waals surface area contributed by atoms with E-state index in [1.54, 1.807) is 6.08 Å². The minimum absolute atomic E-state index is 0.382. The first-order valence-corrected chi connectivity index (χ1v) is 5.97. The molecule has 1 aliphatic carbocycles. The smallest absolute Gasteiger partial charge is 0.113 e. The van der Waals surface area contributed by atoms with Crippen LogP contribution < -0.4 is 0 Å². The number of rotatable bonds is 2. The molecule has 0 aromatic heterocycles. The molecule has 16 heavy (non-hydrogen) atoms. The first-order chi connectivity index (χ1) is 7.68. The van der Waals surface area contributed by atoms with E-state index in [1.165, 1.54) is 11.8 Å². The summed E-state index contributed by atoms with van der Waals surface area (Å²) < 4.78 is 0. The van der Waals surface area contributed by atoms with E-state index >= 15 is 0 Å². The van der Waals surface area contributed by atoms with Crippen LogP contribution in [0.5, 0.6) is 0 Å². The monoisotopic (exact) mass is 238 g/mol. The van der Waals surface area contributed by atoms with Crippen LogP contribution in [-0.4, -0.2) is 33.6 Å². The highest BCUT2D eigenvalue weighted by atomic mass is 32.2. The standard InChI is InChI=1S/C12H14O3S/c13-9-6-7-10(12(15)11(9)14)16-8-4-2-1-3-5-8/h1-5,7,9,11-15H,6H2/t9-,11+,12+/m1/s1. The molecule has 3 atom stereocenters. The molecular formula is C12H14O3S. The number of hydrogen-bond acceptors (Lipinski definition) is 4. The highest BCUT2D eigenvalue weighted by Gasteiger charge is 2.31. The number of benzene rings is 1. The Bertz CT molecular complexity index is 377. The summed E-state index contributed by atoms with van der Waals surface area (Å²) in [4.78, 5) is 1.71. The van der Waals surface area contributed by atoms with E-state index < -0.39 is 18.3 Å². The molecule has 0 aliphatic heterocycles. The van der Waals surface area contributed by atoms with Gasteiger partial charge in [0, 0.05) is 9.80 Å². The van der Waals surface area contributed by atoms with Crippen LogP contribution in [0.1, 0.15) is 6.42 Å². The van der Waals surface area contributed by atoms with E-state index in [2.05, 4.69) is 0 Å². The molecule has 4 heteroatoms. The summed E-state index contributed by atoms with van der Waals surface area (Å²) >= 11 is 1.42. The molecule has 1 aromatic carbocycles. The van der Waals surface area contributed by atoms with Crippen molar-refractivity contribution in [1.82, 2.24) is 0 Å². The molecule has 0 bridgehead atoms. The van der Waals surface area contributed by atoms with Gasteiger partial charge in [-0.3, -0.25) is 0 Å². The van der Waals surface area contributed by atoms with Gasteiger partial charge in [-0.25, -0.2) is 0 Å². The van der Waals surface area contributed by atoms with Crippen molar-refractivity contribution in [2.45, 2.75) is 29.6 Å². The first-order valence-electron chi connectivity index (χ1n) is 5.15. The summed E-state index contributed by atoms with van der Waals surface area (Å²) in [6, 6.07) is 9.65. The Morgan fingerprint density at radius 3 is 2.44 bits per heavy atom. The van der Waals surface area contributed by atoms with E-state index in [0.717, 1.165) is 4.90 Å². The van der Waals surface area contributed by atoms with Crippen LogP contribution in [0.2, 0.25) is 0 Å². The van der Waals surface area contributed by atoms with Crippen molar-refractivity contribution in [3.63, 3.8) is 0 Å². The van der Waals surface area contributed by atoms with Crippen molar-refractivity contribution in [2.75, 3.05) is 0 Å². The highest BCUT2D eigenvalue weighted by molar-refractivity contribution is 8.03. The average Bonchev–Trinajstić information content (AvgIpc) is 2.31. The van der Waals surface area contributed by atoms with Gasteiger partial charge in [0.25, 0.3) is 0 Å². The van der Waals surface area contributed by atoms with Crippen LogP contribution in [0.25, 0.3) is 0 Å². The van der Waals surface area contributed by atoms with Crippen molar-refractivity contribution < 1.29 is 15.3 Å². The number of aliphatic hydroxyl groups is 3. The third-order valence-electron chi connectivity index (χ3n) is 2.55. The largest absolute Gasteiger partial charge is 0.390 e. The lowest BCUT2D eigenvalue weighted by Crippen LogP contribution is -2.40. The second kappa shape index (κ2) is 5.01. The van der Waals surface area contributed by atoms with E-state index in [4.69, 9.17) is 0 Å². The van der Waals surface area contributed by atoms with Crippen LogP contribution in [0.3, 0.4) is 0 Å². The molecular weight excluding hydrogens is 224 g/mol. The second-order valence-corrected chi connectivity index (χ2v) is 4.91. The van der Waals surface area contributed by atoms with Gasteiger partial charge in [-0.1, -0.05) is 36.0 Å². The minimum Gasteiger partial charge on any atom is -0.390 e. The normalized spacial score (nSPS) is 29.9. The van der Waals surface area contributed by atoms with Crippen molar-refractivity contribution in [3.05, 3.63) is 41.3 Å². The lowest BCUT2D eigenvalue weighted by Gasteiger charge is -2.28. The summed E-state index contributed by atoms with van der Waals surface area (Å²) in [6.07, 6.45) is -0.784. The molecule has 0 saturated heterocycles. The van der Waals surface area contributed by atoms with Gasteiger partial charge in [-0.2, -0.15) is 0 Å². The Morgan fingerprint density at radius 1 is 1.06 bits per heavy atom. The van der Waals surface area contributed by atoms with Crippen LogP contribution in [0.4, 0.5) is 0 Å². The molecule has 0 fully saturated rings.